The van der Waals surface area contributed by atoms with Gasteiger partial charge in [-0.3, -0.25) is 14.3 Å². The Balaban J connectivity index is 2.31. The van der Waals surface area contributed by atoms with E-state index in [-0.39, 0.29) is 24.6 Å². The maximum atomic E-state index is 13.7. The average molecular weight is 365 g/mol. The zero-order chi connectivity index (χ0) is 18.4. The molecule has 0 saturated carbocycles. The molecule has 5 nitrogen and oxygen atoms in total. The summed E-state index contributed by atoms with van der Waals surface area (Å²) in [4.78, 5) is 10.9. The van der Waals surface area contributed by atoms with Gasteiger partial charge in [0.2, 0.25) is 0 Å². The molecule has 0 spiro atoms. The summed E-state index contributed by atoms with van der Waals surface area (Å²) in [5.41, 5.74) is 1.14. The molecule has 0 bridgehead atoms. The maximum absolute atomic E-state index is 13.7. The lowest BCUT2D eigenvalue weighted by atomic mass is 10.0. The number of nitro groups is 1. The summed E-state index contributed by atoms with van der Waals surface area (Å²) in [7, 11) is -1.38. The monoisotopic (exact) mass is 365 g/mol. The number of aliphatic hydroxyl groups is 1. The molecule has 2 aromatic rings. The van der Waals surface area contributed by atoms with E-state index in [0.29, 0.717) is 28.2 Å². The number of non-ortho nitro benzene ring substituents is 1. The minimum atomic E-state index is -1.38. The maximum Gasteiger partial charge on any atom is 0.269 e. The van der Waals surface area contributed by atoms with Gasteiger partial charge in [0.25, 0.3) is 5.69 Å². The van der Waals surface area contributed by atoms with Crippen molar-refractivity contribution >= 4 is 16.5 Å². The van der Waals surface area contributed by atoms with E-state index in [1.807, 2.05) is 6.92 Å². The van der Waals surface area contributed by atoms with Gasteiger partial charge < -0.3 is 5.11 Å². The lowest BCUT2D eigenvalue weighted by Gasteiger charge is -2.14. The van der Waals surface area contributed by atoms with Gasteiger partial charge in [-0.15, -0.1) is 0 Å². The summed E-state index contributed by atoms with van der Waals surface area (Å²) in [6.07, 6.45) is 0.945. The Hall–Kier alpha value is -2.12. The van der Waals surface area contributed by atoms with Crippen LogP contribution in [0.15, 0.2) is 47.4 Å². The summed E-state index contributed by atoms with van der Waals surface area (Å²) >= 11 is 0. The predicted molar refractivity (Wildman–Crippen MR) is 94.4 cm³/mol. The third-order valence-corrected chi connectivity index (χ3v) is 5.67. The Bertz CT molecular complexity index is 777. The molecule has 0 amide bonds. The zero-order valence-electron chi connectivity index (χ0n) is 13.9. The van der Waals surface area contributed by atoms with E-state index in [2.05, 4.69) is 0 Å². The van der Waals surface area contributed by atoms with Crippen LogP contribution in [0.3, 0.4) is 0 Å². The minimum absolute atomic E-state index is 0.0390. The number of aliphatic hydroxyl groups excluding tert-OH is 1. The fourth-order valence-corrected chi connectivity index (χ4v) is 4.10. The van der Waals surface area contributed by atoms with E-state index in [9.17, 15) is 23.8 Å². The first-order chi connectivity index (χ1) is 11.9. The van der Waals surface area contributed by atoms with Gasteiger partial charge >= 0.3 is 0 Å². The van der Waals surface area contributed by atoms with E-state index in [4.69, 9.17) is 0 Å². The number of benzene rings is 2. The molecule has 2 unspecified atom stereocenters. The molecule has 0 aromatic heterocycles. The molecule has 2 atom stereocenters. The van der Waals surface area contributed by atoms with Crippen LogP contribution in [0.1, 0.15) is 24.5 Å². The summed E-state index contributed by atoms with van der Waals surface area (Å²) in [5.74, 6) is -0.243. The van der Waals surface area contributed by atoms with Crippen molar-refractivity contribution in [2.75, 3.05) is 12.4 Å². The molecule has 0 aliphatic carbocycles. The summed E-state index contributed by atoms with van der Waals surface area (Å²) in [5, 5.41) is 20.2. The number of hydrogen-bond donors (Lipinski definition) is 1. The third kappa shape index (κ3) is 5.17. The van der Waals surface area contributed by atoms with E-state index < -0.39 is 21.5 Å². The molecule has 0 aliphatic rings. The molecule has 0 aliphatic heterocycles. The third-order valence-electron chi connectivity index (χ3n) is 4.01. The second-order valence-electron chi connectivity index (χ2n) is 5.82. The zero-order valence-corrected chi connectivity index (χ0v) is 14.7. The van der Waals surface area contributed by atoms with Gasteiger partial charge in [-0.1, -0.05) is 25.5 Å². The second kappa shape index (κ2) is 8.82. The second-order valence-corrected chi connectivity index (χ2v) is 7.29. The van der Waals surface area contributed by atoms with Gasteiger partial charge in [0.05, 0.1) is 15.7 Å². The van der Waals surface area contributed by atoms with Crippen LogP contribution in [0.4, 0.5) is 10.1 Å². The SMILES string of the molecule is CCC(CO)CS(=O)c1ccc(F)cc1Cc1cccc([N+](=O)[O-])c1. The van der Waals surface area contributed by atoms with E-state index in [1.165, 1.54) is 30.3 Å². The fourth-order valence-electron chi connectivity index (χ4n) is 2.51. The van der Waals surface area contributed by atoms with Crippen molar-refractivity contribution in [1.82, 2.24) is 0 Å². The molecule has 25 heavy (non-hydrogen) atoms. The lowest BCUT2D eigenvalue weighted by molar-refractivity contribution is -0.384. The predicted octanol–water partition coefficient (Wildman–Crippen LogP) is 3.45. The van der Waals surface area contributed by atoms with Crippen LogP contribution < -0.4 is 0 Å². The quantitative estimate of drug-likeness (QED) is 0.574. The van der Waals surface area contributed by atoms with E-state index >= 15 is 0 Å². The molecule has 0 saturated heterocycles. The molecule has 7 heteroatoms. The fraction of sp³-hybridized carbons (Fsp3) is 0.333. The lowest BCUT2D eigenvalue weighted by Crippen LogP contribution is -2.15. The number of halogens is 1. The molecule has 0 heterocycles. The summed E-state index contributed by atoms with van der Waals surface area (Å²) in [6.45, 7) is 1.86. The highest BCUT2D eigenvalue weighted by Crippen LogP contribution is 2.23. The van der Waals surface area contributed by atoms with Crippen LogP contribution in [-0.4, -0.2) is 26.6 Å². The van der Waals surface area contributed by atoms with Crippen LogP contribution in [-0.2, 0) is 17.2 Å². The normalized spacial score (nSPS) is 13.4. The van der Waals surface area contributed by atoms with Crippen molar-refractivity contribution < 1.29 is 18.6 Å². The molecular weight excluding hydrogens is 345 g/mol. The first-order valence-corrected chi connectivity index (χ1v) is 9.27. The van der Waals surface area contributed by atoms with E-state index in [1.54, 1.807) is 12.1 Å². The van der Waals surface area contributed by atoms with Gasteiger partial charge in [-0.05, 0) is 41.7 Å². The van der Waals surface area contributed by atoms with Crippen LogP contribution >= 0.6 is 0 Å². The van der Waals surface area contributed by atoms with Crippen molar-refractivity contribution in [2.24, 2.45) is 5.92 Å². The van der Waals surface area contributed by atoms with Crippen LogP contribution in [0.2, 0.25) is 0 Å². The number of rotatable bonds is 8. The molecular formula is C18H20FNO4S. The molecule has 0 fully saturated rings. The standard InChI is InChI=1S/C18H20FNO4S/c1-2-13(11-21)12-25(24)18-7-6-16(19)10-15(18)8-14-4-3-5-17(9-14)20(22)23/h3-7,9-10,13,21H,2,8,11-12H2,1H3. The van der Waals surface area contributed by atoms with Crippen LogP contribution in [0, 0.1) is 21.8 Å². The topological polar surface area (TPSA) is 80.4 Å². The Morgan fingerprint density at radius 1 is 1.28 bits per heavy atom. The van der Waals surface area contributed by atoms with Crippen molar-refractivity contribution in [3.05, 3.63) is 69.5 Å². The molecule has 2 aromatic carbocycles. The number of nitrogens with zero attached hydrogens (tertiary/aromatic N) is 1. The Kier molecular flexibility index (Phi) is 6.78. The Morgan fingerprint density at radius 3 is 2.68 bits per heavy atom. The van der Waals surface area contributed by atoms with Gasteiger partial charge in [-0.25, -0.2) is 4.39 Å². The van der Waals surface area contributed by atoms with Gasteiger partial charge in [-0.2, -0.15) is 0 Å². The average Bonchev–Trinajstić information content (AvgIpc) is 2.59. The van der Waals surface area contributed by atoms with Crippen molar-refractivity contribution in [3.8, 4) is 0 Å². The highest BCUT2D eigenvalue weighted by atomic mass is 32.2. The largest absolute Gasteiger partial charge is 0.396 e. The number of hydrogen-bond acceptors (Lipinski definition) is 4. The first-order valence-electron chi connectivity index (χ1n) is 7.95. The van der Waals surface area contributed by atoms with Crippen LogP contribution in [0.5, 0.6) is 0 Å². The highest BCUT2D eigenvalue weighted by Gasteiger charge is 2.16. The van der Waals surface area contributed by atoms with Crippen molar-refractivity contribution in [1.29, 1.82) is 0 Å². The minimum Gasteiger partial charge on any atom is -0.396 e. The smallest absolute Gasteiger partial charge is 0.269 e. The summed E-state index contributed by atoms with van der Waals surface area (Å²) in [6, 6.07) is 10.2. The van der Waals surface area contributed by atoms with Crippen molar-refractivity contribution in [3.63, 3.8) is 0 Å². The highest BCUT2D eigenvalue weighted by molar-refractivity contribution is 7.85. The Labute approximate surface area is 148 Å². The van der Waals surface area contributed by atoms with Crippen LogP contribution in [0.25, 0.3) is 0 Å². The van der Waals surface area contributed by atoms with Gasteiger partial charge in [0.15, 0.2) is 0 Å². The molecule has 2 rings (SSSR count). The summed E-state index contributed by atoms with van der Waals surface area (Å²) < 4.78 is 26.3. The van der Waals surface area contributed by atoms with Gasteiger partial charge in [0, 0.05) is 29.4 Å². The molecule has 1 N–H and O–H groups in total. The molecule has 0 radical (unpaired) electrons. The first kappa shape index (κ1) is 19.2. The van der Waals surface area contributed by atoms with Crippen molar-refractivity contribution in [2.45, 2.75) is 24.7 Å². The van der Waals surface area contributed by atoms with E-state index in [0.717, 1.165) is 0 Å². The Morgan fingerprint density at radius 2 is 2.04 bits per heavy atom. The molecule has 134 valence electrons. The van der Waals surface area contributed by atoms with Gasteiger partial charge in [0.1, 0.15) is 5.82 Å². The number of nitro benzene ring substituents is 1.